The number of carbonyl (C=O) groups is 1. The van der Waals surface area contributed by atoms with Crippen molar-refractivity contribution in [1.29, 1.82) is 0 Å². The summed E-state index contributed by atoms with van der Waals surface area (Å²) in [5.41, 5.74) is 3.66. The second-order valence-electron chi connectivity index (χ2n) is 6.82. The Balaban J connectivity index is 1.64. The van der Waals surface area contributed by atoms with Gasteiger partial charge in [-0.2, -0.15) is 0 Å². The molecule has 0 aliphatic carbocycles. The predicted octanol–water partition coefficient (Wildman–Crippen LogP) is 5.40. The second-order valence-corrected chi connectivity index (χ2v) is 8.25. The quantitative estimate of drug-likeness (QED) is 0.407. The molecule has 0 bridgehead atoms. The summed E-state index contributed by atoms with van der Waals surface area (Å²) in [7, 11) is 0. The van der Waals surface area contributed by atoms with Gasteiger partial charge in [0.2, 0.25) is 0 Å². The van der Waals surface area contributed by atoms with Crippen LogP contribution >= 0.6 is 22.9 Å². The molecule has 3 aromatic heterocycles. The van der Waals surface area contributed by atoms with Gasteiger partial charge in [0.1, 0.15) is 9.88 Å². The molecule has 0 unspecified atom stereocenters. The molecule has 7 heteroatoms. The zero-order chi connectivity index (χ0) is 20.9. The molecule has 0 radical (unpaired) electrons. The van der Waals surface area contributed by atoms with E-state index < -0.39 is 0 Å². The molecule has 0 aliphatic rings. The fraction of sp³-hybridized carbons (Fsp3) is 0.130. The third kappa shape index (κ3) is 4.72. The van der Waals surface area contributed by atoms with Gasteiger partial charge >= 0.3 is 0 Å². The molecule has 0 N–H and O–H groups in total. The van der Waals surface area contributed by atoms with Gasteiger partial charge in [0.15, 0.2) is 0 Å². The lowest BCUT2D eigenvalue weighted by molar-refractivity contribution is 0.0734. The molecule has 4 rings (SSSR count). The van der Waals surface area contributed by atoms with Crippen molar-refractivity contribution in [2.75, 3.05) is 0 Å². The van der Waals surface area contributed by atoms with E-state index in [1.165, 1.54) is 11.3 Å². The Hall–Kier alpha value is -3.09. The van der Waals surface area contributed by atoms with E-state index in [0.717, 1.165) is 27.4 Å². The minimum atomic E-state index is -0.0501. The van der Waals surface area contributed by atoms with Crippen LogP contribution in [0.25, 0.3) is 10.6 Å². The van der Waals surface area contributed by atoms with Crippen LogP contribution in [0.4, 0.5) is 0 Å². The molecule has 150 valence electrons. The van der Waals surface area contributed by atoms with Gasteiger partial charge in [-0.3, -0.25) is 14.8 Å². The van der Waals surface area contributed by atoms with Crippen molar-refractivity contribution >= 4 is 28.8 Å². The monoisotopic (exact) mass is 434 g/mol. The maximum absolute atomic E-state index is 13.5. The number of hydrogen-bond donors (Lipinski definition) is 0. The lowest BCUT2D eigenvalue weighted by atomic mass is 10.2. The summed E-state index contributed by atoms with van der Waals surface area (Å²) in [6.45, 7) is 2.81. The first-order chi connectivity index (χ1) is 14.6. The Labute approximate surface area is 184 Å². The Morgan fingerprint density at radius 1 is 0.967 bits per heavy atom. The van der Waals surface area contributed by atoms with Crippen molar-refractivity contribution < 1.29 is 4.79 Å². The van der Waals surface area contributed by atoms with Crippen molar-refractivity contribution in [1.82, 2.24) is 19.9 Å². The van der Waals surface area contributed by atoms with Crippen LogP contribution in [0.5, 0.6) is 0 Å². The lowest BCUT2D eigenvalue weighted by Crippen LogP contribution is -2.30. The number of amides is 1. The third-order valence-electron chi connectivity index (χ3n) is 4.59. The summed E-state index contributed by atoms with van der Waals surface area (Å²) < 4.78 is 0. The Kier molecular flexibility index (Phi) is 6.16. The molecule has 0 fully saturated rings. The highest BCUT2D eigenvalue weighted by Gasteiger charge is 2.22. The van der Waals surface area contributed by atoms with Crippen LogP contribution in [-0.4, -0.2) is 25.8 Å². The maximum atomic E-state index is 13.5. The first-order valence-electron chi connectivity index (χ1n) is 9.40. The summed E-state index contributed by atoms with van der Waals surface area (Å²) in [4.78, 5) is 28.8. The number of pyridine rings is 2. The Morgan fingerprint density at radius 3 is 2.40 bits per heavy atom. The molecule has 1 aromatic carbocycles. The van der Waals surface area contributed by atoms with Crippen molar-refractivity contribution in [3.63, 3.8) is 0 Å². The summed E-state index contributed by atoms with van der Waals surface area (Å²) in [6, 6.07) is 15.2. The SMILES string of the molecule is Cc1nc(-c2ccc(Cl)cc2)sc1C(=O)N(Cc1ccncc1)Cc1cccnc1. The molecule has 3 heterocycles. The van der Waals surface area contributed by atoms with Crippen molar-refractivity contribution in [2.45, 2.75) is 20.0 Å². The zero-order valence-electron chi connectivity index (χ0n) is 16.3. The van der Waals surface area contributed by atoms with E-state index in [2.05, 4.69) is 15.0 Å². The molecule has 0 saturated carbocycles. The standard InChI is InChI=1S/C23H19ClN4OS/c1-16-21(30-22(27-16)19-4-6-20(24)7-5-19)23(29)28(14-17-8-11-25-12-9-17)15-18-3-2-10-26-13-18/h2-13H,14-15H2,1H3. The number of aryl methyl sites for hydroxylation is 1. The van der Waals surface area contributed by atoms with Crippen molar-refractivity contribution in [2.24, 2.45) is 0 Å². The molecule has 4 aromatic rings. The average Bonchev–Trinajstić information content (AvgIpc) is 3.16. The molecule has 0 atom stereocenters. The minimum absolute atomic E-state index is 0.0501. The molecule has 1 amide bonds. The smallest absolute Gasteiger partial charge is 0.266 e. The van der Waals surface area contributed by atoms with Crippen LogP contribution in [0.3, 0.4) is 0 Å². The van der Waals surface area contributed by atoms with Gasteiger partial charge in [-0.1, -0.05) is 29.8 Å². The number of benzene rings is 1. The number of hydrogen-bond acceptors (Lipinski definition) is 5. The third-order valence-corrected chi connectivity index (χ3v) is 6.03. The van der Waals surface area contributed by atoms with Gasteiger partial charge in [0, 0.05) is 48.5 Å². The van der Waals surface area contributed by atoms with Gasteiger partial charge in [-0.05, 0) is 48.4 Å². The number of carbonyl (C=O) groups excluding carboxylic acids is 1. The molecule has 30 heavy (non-hydrogen) atoms. The molecule has 0 aliphatic heterocycles. The van der Waals surface area contributed by atoms with E-state index in [1.54, 1.807) is 24.8 Å². The lowest BCUT2D eigenvalue weighted by Gasteiger charge is -2.22. The number of aromatic nitrogens is 3. The van der Waals surface area contributed by atoms with Gasteiger partial charge in [0.25, 0.3) is 5.91 Å². The highest BCUT2D eigenvalue weighted by atomic mass is 35.5. The zero-order valence-corrected chi connectivity index (χ0v) is 17.9. The number of nitrogens with zero attached hydrogens (tertiary/aromatic N) is 4. The van der Waals surface area contributed by atoms with Crippen molar-refractivity contribution in [3.05, 3.63) is 100 Å². The predicted molar refractivity (Wildman–Crippen MR) is 119 cm³/mol. The normalized spacial score (nSPS) is 10.7. The molecule has 0 spiro atoms. The van der Waals surface area contributed by atoms with Gasteiger partial charge in [0.05, 0.1) is 5.69 Å². The Bertz CT molecular complexity index is 1090. The largest absolute Gasteiger partial charge is 0.329 e. The van der Waals surface area contributed by atoms with E-state index in [-0.39, 0.29) is 5.91 Å². The van der Waals surface area contributed by atoms with Gasteiger partial charge < -0.3 is 4.90 Å². The van der Waals surface area contributed by atoms with Crippen LogP contribution in [0.1, 0.15) is 26.5 Å². The summed E-state index contributed by atoms with van der Waals surface area (Å²) in [6.07, 6.45) is 6.98. The Morgan fingerprint density at radius 2 is 1.70 bits per heavy atom. The number of thiazole rings is 1. The molecular weight excluding hydrogens is 416 g/mol. The fourth-order valence-electron chi connectivity index (χ4n) is 3.07. The van der Waals surface area contributed by atoms with E-state index in [0.29, 0.717) is 23.0 Å². The van der Waals surface area contributed by atoms with Crippen LogP contribution in [-0.2, 0) is 13.1 Å². The minimum Gasteiger partial charge on any atom is -0.329 e. The topological polar surface area (TPSA) is 59.0 Å². The van der Waals surface area contributed by atoms with E-state index in [4.69, 9.17) is 11.6 Å². The van der Waals surface area contributed by atoms with Crippen LogP contribution in [0.2, 0.25) is 5.02 Å². The number of rotatable bonds is 6. The van der Waals surface area contributed by atoms with E-state index in [9.17, 15) is 4.79 Å². The van der Waals surface area contributed by atoms with Crippen LogP contribution in [0.15, 0.2) is 73.3 Å². The second kappa shape index (κ2) is 9.15. The molecule has 5 nitrogen and oxygen atoms in total. The summed E-state index contributed by atoms with van der Waals surface area (Å²) in [5.74, 6) is -0.0501. The molecule has 0 saturated heterocycles. The average molecular weight is 435 g/mol. The van der Waals surface area contributed by atoms with E-state index in [1.807, 2.05) is 60.4 Å². The maximum Gasteiger partial charge on any atom is 0.266 e. The summed E-state index contributed by atoms with van der Waals surface area (Å²) >= 11 is 7.40. The first kappa shape index (κ1) is 20.2. The van der Waals surface area contributed by atoms with Gasteiger partial charge in [-0.25, -0.2) is 4.98 Å². The highest BCUT2D eigenvalue weighted by molar-refractivity contribution is 7.17. The van der Waals surface area contributed by atoms with Crippen molar-refractivity contribution in [3.8, 4) is 10.6 Å². The van der Waals surface area contributed by atoms with Gasteiger partial charge in [-0.15, -0.1) is 11.3 Å². The van der Waals surface area contributed by atoms with Crippen LogP contribution < -0.4 is 0 Å². The summed E-state index contributed by atoms with van der Waals surface area (Å²) in [5, 5.41) is 1.47. The fourth-order valence-corrected chi connectivity index (χ4v) is 4.24. The van der Waals surface area contributed by atoms with E-state index >= 15 is 0 Å². The molecular formula is C23H19ClN4OS. The number of halogens is 1. The first-order valence-corrected chi connectivity index (χ1v) is 10.6. The highest BCUT2D eigenvalue weighted by Crippen LogP contribution is 2.30. The van der Waals surface area contributed by atoms with Crippen LogP contribution in [0, 0.1) is 6.92 Å².